The Hall–Kier alpha value is -2.44. The van der Waals surface area contributed by atoms with Crippen molar-refractivity contribution in [3.8, 4) is 11.5 Å². The van der Waals surface area contributed by atoms with Crippen LogP contribution in [0.2, 0.25) is 0 Å². The first-order chi connectivity index (χ1) is 9.09. The number of nitrogens with one attached hydrogen (secondary N) is 1. The molecule has 0 bridgehead atoms. The second-order valence-corrected chi connectivity index (χ2v) is 4.77. The Morgan fingerprint density at radius 2 is 2.11 bits per heavy atom. The van der Waals surface area contributed by atoms with E-state index in [0.29, 0.717) is 5.82 Å². The molecule has 3 rings (SSSR count). The zero-order chi connectivity index (χ0) is 13.6. The maximum Gasteiger partial charge on any atom is 0.356 e. The molecule has 3 aromatic heterocycles. The van der Waals surface area contributed by atoms with Crippen molar-refractivity contribution in [3.63, 3.8) is 0 Å². The van der Waals surface area contributed by atoms with Crippen molar-refractivity contribution in [1.82, 2.24) is 24.6 Å². The topological polar surface area (TPSA) is 89.3 Å². The number of nitrogen functional groups attached to an aromatic ring is 1. The minimum Gasteiger partial charge on any atom is -0.383 e. The number of H-pyrrole nitrogens is 1. The maximum absolute atomic E-state index is 6.01. The standard InChI is InChI=1S/C12H15N7/c1-7(2)19-11-8(10(13)15-6-16-11)9(17-19)12-14-4-5-18(12)3/h4-7H,1-3H3,(H2,13,15,16,17)/p+1. The summed E-state index contributed by atoms with van der Waals surface area (Å²) in [5.41, 5.74) is 7.64. The number of hydrogen-bond donors (Lipinski definition) is 2. The summed E-state index contributed by atoms with van der Waals surface area (Å²) in [7, 11) is 1.94. The summed E-state index contributed by atoms with van der Waals surface area (Å²) in [6.07, 6.45) is 5.12. The first-order valence-corrected chi connectivity index (χ1v) is 6.11. The van der Waals surface area contributed by atoms with Gasteiger partial charge in [-0.15, -0.1) is 0 Å². The van der Waals surface area contributed by atoms with Gasteiger partial charge in [-0.05, 0) is 18.8 Å². The van der Waals surface area contributed by atoms with Crippen LogP contribution in [0.5, 0.6) is 0 Å². The van der Waals surface area contributed by atoms with Crippen LogP contribution in [-0.2, 0) is 7.05 Å². The summed E-state index contributed by atoms with van der Waals surface area (Å²) in [5, 5.41) is 4.13. The molecule has 0 saturated carbocycles. The number of anilines is 1. The van der Waals surface area contributed by atoms with Gasteiger partial charge in [0.2, 0.25) is 6.33 Å². The monoisotopic (exact) mass is 258 g/mol. The van der Waals surface area contributed by atoms with Crippen molar-refractivity contribution < 1.29 is 4.68 Å². The second-order valence-electron chi connectivity index (χ2n) is 4.77. The van der Waals surface area contributed by atoms with Gasteiger partial charge in [0.15, 0.2) is 5.82 Å². The maximum atomic E-state index is 6.01. The highest BCUT2D eigenvalue weighted by Gasteiger charge is 2.25. The van der Waals surface area contributed by atoms with Gasteiger partial charge in [0, 0.05) is 19.4 Å². The molecular formula is C12H16N7+. The smallest absolute Gasteiger partial charge is 0.356 e. The van der Waals surface area contributed by atoms with Gasteiger partial charge in [-0.3, -0.25) is 0 Å². The number of aromatic nitrogens is 6. The lowest BCUT2D eigenvalue weighted by atomic mass is 10.2. The summed E-state index contributed by atoms with van der Waals surface area (Å²) in [6.45, 7) is 4.16. The first-order valence-electron chi connectivity index (χ1n) is 6.11. The molecule has 0 atom stereocenters. The fraction of sp³-hybridized carbons (Fsp3) is 0.333. The highest BCUT2D eigenvalue weighted by molar-refractivity contribution is 5.94. The predicted octanol–water partition coefficient (Wildman–Crippen LogP) is 0.809. The van der Waals surface area contributed by atoms with Gasteiger partial charge < -0.3 is 10.3 Å². The largest absolute Gasteiger partial charge is 0.383 e. The van der Waals surface area contributed by atoms with Crippen LogP contribution in [-0.4, -0.2) is 24.6 Å². The number of hydrogen-bond acceptors (Lipinski definition) is 4. The minimum absolute atomic E-state index is 0.241. The van der Waals surface area contributed by atoms with E-state index in [2.05, 4.69) is 33.9 Å². The normalized spacial score (nSPS) is 11.6. The van der Waals surface area contributed by atoms with Crippen molar-refractivity contribution in [1.29, 1.82) is 0 Å². The van der Waals surface area contributed by atoms with E-state index in [1.165, 1.54) is 6.33 Å². The molecule has 7 nitrogen and oxygen atoms in total. The Morgan fingerprint density at radius 3 is 2.74 bits per heavy atom. The van der Waals surface area contributed by atoms with Crippen molar-refractivity contribution in [3.05, 3.63) is 18.7 Å². The summed E-state index contributed by atoms with van der Waals surface area (Å²) in [4.78, 5) is 12.8. The van der Waals surface area contributed by atoms with Crippen molar-refractivity contribution >= 4 is 16.9 Å². The number of aromatic amines is 1. The third-order valence-electron chi connectivity index (χ3n) is 3.13. The third-order valence-corrected chi connectivity index (χ3v) is 3.13. The molecule has 98 valence electrons. The van der Waals surface area contributed by atoms with E-state index < -0.39 is 0 Å². The molecule has 0 fully saturated rings. The van der Waals surface area contributed by atoms with Crippen LogP contribution in [0, 0.1) is 0 Å². The number of aryl methyl sites for hydroxylation is 1. The molecule has 0 saturated heterocycles. The average Bonchev–Trinajstić information content (AvgIpc) is 2.93. The van der Waals surface area contributed by atoms with Gasteiger partial charge in [-0.2, -0.15) is 9.67 Å². The van der Waals surface area contributed by atoms with Gasteiger partial charge in [0.05, 0.1) is 0 Å². The Labute approximate surface area is 110 Å². The third kappa shape index (κ3) is 1.66. The fourth-order valence-corrected chi connectivity index (χ4v) is 2.18. The Balaban J connectivity index is 2.40. The number of nitrogens with zero attached hydrogens (tertiary/aromatic N) is 5. The summed E-state index contributed by atoms with van der Waals surface area (Å²) in [6, 6.07) is 0.241. The molecule has 3 aromatic rings. The van der Waals surface area contributed by atoms with E-state index in [1.54, 1.807) is 6.20 Å². The Bertz CT molecular complexity index is 738. The van der Waals surface area contributed by atoms with E-state index >= 15 is 0 Å². The zero-order valence-corrected chi connectivity index (χ0v) is 11.1. The summed E-state index contributed by atoms with van der Waals surface area (Å²) < 4.78 is 3.90. The van der Waals surface area contributed by atoms with E-state index in [4.69, 9.17) is 5.73 Å². The zero-order valence-electron chi connectivity index (χ0n) is 11.1. The van der Waals surface area contributed by atoms with Gasteiger partial charge in [-0.1, -0.05) is 0 Å². The summed E-state index contributed by atoms with van der Waals surface area (Å²) >= 11 is 0. The van der Waals surface area contributed by atoms with Crippen molar-refractivity contribution in [2.45, 2.75) is 19.9 Å². The number of nitrogens with two attached hydrogens (primary N) is 1. The lowest BCUT2D eigenvalue weighted by Gasteiger charge is -1.99. The molecule has 3 heterocycles. The van der Waals surface area contributed by atoms with Gasteiger partial charge in [-0.25, -0.2) is 10.1 Å². The van der Waals surface area contributed by atoms with Crippen LogP contribution in [0.4, 0.5) is 5.82 Å². The highest BCUT2D eigenvalue weighted by Crippen LogP contribution is 2.26. The molecule has 0 aliphatic rings. The molecule has 19 heavy (non-hydrogen) atoms. The van der Waals surface area contributed by atoms with Crippen LogP contribution in [0.3, 0.4) is 0 Å². The molecule has 0 radical (unpaired) electrons. The molecule has 0 amide bonds. The van der Waals surface area contributed by atoms with Gasteiger partial charge in [0.1, 0.15) is 22.9 Å². The molecule has 0 spiro atoms. The minimum atomic E-state index is 0.241. The summed E-state index contributed by atoms with van der Waals surface area (Å²) in [5.74, 6) is 1.27. The molecule has 7 heteroatoms. The number of imidazole rings is 1. The highest BCUT2D eigenvalue weighted by atomic mass is 15.3. The SMILES string of the molecule is CC(C)[n+]1[nH]c(-c2nccn2C)c2c(N)ncnc21. The van der Waals surface area contributed by atoms with E-state index in [0.717, 1.165) is 22.6 Å². The fourth-order valence-electron chi connectivity index (χ4n) is 2.18. The molecular weight excluding hydrogens is 242 g/mol. The molecule has 0 unspecified atom stereocenters. The van der Waals surface area contributed by atoms with E-state index in [1.807, 2.05) is 22.5 Å². The molecule has 0 aliphatic heterocycles. The van der Waals surface area contributed by atoms with Crippen LogP contribution in [0.15, 0.2) is 18.7 Å². The first kappa shape index (κ1) is 11.6. The molecule has 0 aromatic carbocycles. The number of fused-ring (bicyclic) bond motifs is 1. The van der Waals surface area contributed by atoms with Gasteiger partial charge in [0.25, 0.3) is 0 Å². The van der Waals surface area contributed by atoms with Gasteiger partial charge >= 0.3 is 5.65 Å². The number of rotatable bonds is 2. The van der Waals surface area contributed by atoms with E-state index in [-0.39, 0.29) is 6.04 Å². The van der Waals surface area contributed by atoms with Crippen LogP contribution >= 0.6 is 0 Å². The van der Waals surface area contributed by atoms with Crippen LogP contribution in [0.25, 0.3) is 22.6 Å². The second kappa shape index (κ2) is 4.04. The lowest BCUT2D eigenvalue weighted by molar-refractivity contribution is -0.746. The Morgan fingerprint density at radius 1 is 1.32 bits per heavy atom. The molecule has 3 N–H and O–H groups in total. The lowest BCUT2D eigenvalue weighted by Crippen LogP contribution is -2.39. The van der Waals surface area contributed by atoms with E-state index in [9.17, 15) is 0 Å². The van der Waals surface area contributed by atoms with Crippen molar-refractivity contribution in [2.24, 2.45) is 7.05 Å². The Kier molecular flexibility index (Phi) is 2.48. The van der Waals surface area contributed by atoms with Crippen molar-refractivity contribution in [2.75, 3.05) is 5.73 Å². The van der Waals surface area contributed by atoms with Crippen LogP contribution < -0.4 is 10.4 Å². The predicted molar refractivity (Wildman–Crippen MR) is 71.1 cm³/mol. The molecule has 0 aliphatic carbocycles. The van der Waals surface area contributed by atoms with Crippen LogP contribution in [0.1, 0.15) is 19.9 Å². The average molecular weight is 258 g/mol. The quantitative estimate of drug-likeness (QED) is 0.666.